The topological polar surface area (TPSA) is 125 Å². The number of rotatable bonds is 11. The molecule has 278 valence electrons. The molecule has 15 heteroatoms. The molecule has 0 radical (unpaired) electrons. The molecule has 4 fully saturated rings. The summed E-state index contributed by atoms with van der Waals surface area (Å²) in [6.07, 6.45) is 2.21. The largest absolute Gasteiger partial charge is 0.343 e. The minimum Gasteiger partial charge on any atom is -0.343 e. The second-order valence-electron chi connectivity index (χ2n) is 14.7. The van der Waals surface area contributed by atoms with Crippen LogP contribution in [0.1, 0.15) is 101 Å². The number of nitrogens with zero attached hydrogens (tertiary/aromatic N) is 3. The summed E-state index contributed by atoms with van der Waals surface area (Å²) in [5.74, 6) is -9.23. The Morgan fingerprint density at radius 3 is 2.25 bits per heavy atom. The van der Waals surface area contributed by atoms with Crippen molar-refractivity contribution in [3.63, 3.8) is 0 Å². The third-order valence-corrected chi connectivity index (χ3v) is 11.5. The summed E-state index contributed by atoms with van der Waals surface area (Å²) in [6.45, 7) is 4.09. The van der Waals surface area contributed by atoms with Gasteiger partial charge in [-0.2, -0.15) is 5.10 Å². The summed E-state index contributed by atoms with van der Waals surface area (Å²) in [6, 6.07) is 3.32. The maximum atomic E-state index is 15.9. The second-order valence-corrected chi connectivity index (χ2v) is 14.7. The monoisotopic (exact) mass is 720 g/mol. The van der Waals surface area contributed by atoms with Gasteiger partial charge in [0.15, 0.2) is 0 Å². The second kappa shape index (κ2) is 13.8. The lowest BCUT2D eigenvalue weighted by molar-refractivity contribution is -0.139. The van der Waals surface area contributed by atoms with Gasteiger partial charge in [0, 0.05) is 62.3 Å². The fourth-order valence-electron chi connectivity index (χ4n) is 7.99. The van der Waals surface area contributed by atoms with Crippen LogP contribution in [0.15, 0.2) is 30.5 Å². The highest BCUT2D eigenvalue weighted by Crippen LogP contribution is 2.66. The highest BCUT2D eigenvalue weighted by atomic mass is 19.3. The third-order valence-electron chi connectivity index (χ3n) is 11.5. The van der Waals surface area contributed by atoms with Crippen LogP contribution in [0, 0.1) is 17.2 Å². The van der Waals surface area contributed by atoms with Gasteiger partial charge in [0.25, 0.3) is 11.8 Å². The number of carbonyl (C=O) groups is 4. The lowest BCUT2D eigenvalue weighted by atomic mass is 9.85. The predicted octanol–water partition coefficient (Wildman–Crippen LogP) is 5.57. The smallest absolute Gasteiger partial charge is 0.270 e. The molecule has 2 heterocycles. The van der Waals surface area contributed by atoms with Gasteiger partial charge in [-0.25, -0.2) is 22.0 Å². The molecule has 4 amide bonds. The molecular weight excluding hydrogens is 675 g/mol. The molecule has 1 spiro atoms. The molecule has 1 aliphatic heterocycles. The van der Waals surface area contributed by atoms with Gasteiger partial charge in [0.2, 0.25) is 23.6 Å². The number of hydrogen-bond donors (Lipinski definition) is 3. The van der Waals surface area contributed by atoms with Gasteiger partial charge in [0.05, 0.1) is 5.69 Å². The first kappa shape index (κ1) is 36.7. The van der Waals surface area contributed by atoms with Gasteiger partial charge in [-0.05, 0) is 81.5 Å². The first-order chi connectivity index (χ1) is 24.1. The van der Waals surface area contributed by atoms with E-state index < -0.39 is 70.6 Å². The first-order valence-corrected chi connectivity index (χ1v) is 17.9. The van der Waals surface area contributed by atoms with Crippen LogP contribution in [0.4, 0.5) is 27.6 Å². The van der Waals surface area contributed by atoms with Crippen LogP contribution in [-0.4, -0.2) is 75.3 Å². The highest BCUT2D eigenvalue weighted by molar-refractivity contribution is 6.01. The maximum Gasteiger partial charge on any atom is 0.270 e. The third kappa shape index (κ3) is 7.35. The lowest BCUT2D eigenvalue weighted by Crippen LogP contribution is -2.56. The predicted molar refractivity (Wildman–Crippen MR) is 177 cm³/mol. The summed E-state index contributed by atoms with van der Waals surface area (Å²) in [4.78, 5) is 55.0. The van der Waals surface area contributed by atoms with E-state index in [1.165, 1.54) is 34.0 Å². The van der Waals surface area contributed by atoms with Crippen molar-refractivity contribution in [2.24, 2.45) is 11.3 Å². The number of alkyl halides is 4. The normalized spacial score (nSPS) is 23.7. The molecule has 4 aliphatic rings. The van der Waals surface area contributed by atoms with Crippen LogP contribution in [0.5, 0.6) is 0 Å². The summed E-state index contributed by atoms with van der Waals surface area (Å²) in [5, 5.41) is 12.1. The molecule has 3 aliphatic carbocycles. The Kier molecular flexibility index (Phi) is 9.96. The van der Waals surface area contributed by atoms with Gasteiger partial charge in [-0.3, -0.25) is 23.9 Å². The Bertz CT molecular complexity index is 1670. The average molecular weight is 721 g/mol. The van der Waals surface area contributed by atoms with Crippen molar-refractivity contribution in [2.45, 2.75) is 120 Å². The number of aryl methyl sites for hydroxylation is 1. The van der Waals surface area contributed by atoms with Gasteiger partial charge >= 0.3 is 0 Å². The molecule has 1 aromatic carbocycles. The molecule has 10 nitrogen and oxygen atoms in total. The lowest BCUT2D eigenvalue weighted by Gasteiger charge is -2.37. The summed E-state index contributed by atoms with van der Waals surface area (Å²) < 4.78 is 73.8. The van der Waals surface area contributed by atoms with Gasteiger partial charge in [-0.1, -0.05) is 13.0 Å². The molecular formula is C36H45F5N6O4. The van der Waals surface area contributed by atoms with Crippen LogP contribution in [0.25, 0.3) is 0 Å². The fourth-order valence-corrected chi connectivity index (χ4v) is 7.99. The van der Waals surface area contributed by atoms with Crippen molar-refractivity contribution in [2.75, 3.05) is 18.4 Å². The highest BCUT2D eigenvalue weighted by Gasteiger charge is 2.71. The van der Waals surface area contributed by atoms with Crippen LogP contribution in [0.3, 0.4) is 0 Å². The number of benzene rings is 1. The van der Waals surface area contributed by atoms with E-state index >= 15 is 4.39 Å². The van der Waals surface area contributed by atoms with Crippen LogP contribution < -0.4 is 16.0 Å². The molecule has 3 saturated carbocycles. The van der Waals surface area contributed by atoms with E-state index in [-0.39, 0.29) is 81.7 Å². The van der Waals surface area contributed by atoms with E-state index in [1.807, 2.05) is 0 Å². The standard InChI is InChI=1S/C36H45F5N6O4/c1-3-27(48)44-29(32(51)46-18-15-33(16-19-46)21-36(33,40)41)34(13-14-34)23-7-8-25(24(37)20-23)43-31(50)28(22-6-5-11-35(38,39)12-9-22)45-30(49)26-10-17-42-47(26)4-2/h7-8,10,17,20,22,28-29H,3-6,9,11-16,18-19,21H2,1-2H3,(H,43,50)(H,44,48)(H,45,49)/t22-,28+,29+/m1/s1. The number of carbonyl (C=O) groups excluding carboxylic acids is 4. The van der Waals surface area contributed by atoms with E-state index in [0.717, 1.165) is 0 Å². The zero-order valence-electron chi connectivity index (χ0n) is 28.9. The van der Waals surface area contributed by atoms with Crippen molar-refractivity contribution >= 4 is 29.3 Å². The zero-order chi connectivity index (χ0) is 36.8. The number of aromatic nitrogens is 2. The molecule has 0 unspecified atom stereocenters. The van der Waals surface area contributed by atoms with E-state index in [9.17, 15) is 36.7 Å². The SMILES string of the molecule is CCC(=O)N[C@@H](C(=O)N1CCC2(CC1)CC2(F)F)C1(c2ccc(NC(=O)[C@@H](NC(=O)c3ccnn3CC)[C@@H]3CCCC(F)(F)CC3)c(F)c2)CC1. The molecule has 6 rings (SSSR count). The number of hydrogen-bond acceptors (Lipinski definition) is 5. The minimum absolute atomic E-state index is 0.0261. The van der Waals surface area contributed by atoms with Gasteiger partial charge in [-0.15, -0.1) is 0 Å². The Hall–Kier alpha value is -4.04. The molecule has 1 aromatic heterocycles. The number of nitrogens with one attached hydrogen (secondary N) is 3. The van der Waals surface area contributed by atoms with Crippen LogP contribution >= 0.6 is 0 Å². The van der Waals surface area contributed by atoms with Crippen molar-refractivity contribution in [3.05, 3.63) is 47.5 Å². The quantitative estimate of drug-likeness (QED) is 0.207. The van der Waals surface area contributed by atoms with Crippen molar-refractivity contribution in [1.82, 2.24) is 25.3 Å². The van der Waals surface area contributed by atoms with Crippen molar-refractivity contribution in [1.29, 1.82) is 0 Å². The van der Waals surface area contributed by atoms with Crippen molar-refractivity contribution in [3.8, 4) is 0 Å². The number of amides is 4. The Morgan fingerprint density at radius 1 is 0.941 bits per heavy atom. The maximum absolute atomic E-state index is 15.9. The zero-order valence-corrected chi connectivity index (χ0v) is 28.9. The molecule has 3 N–H and O–H groups in total. The van der Waals surface area contributed by atoms with Crippen LogP contribution in [0.2, 0.25) is 0 Å². The van der Waals surface area contributed by atoms with E-state index in [2.05, 4.69) is 21.0 Å². The number of anilines is 1. The Morgan fingerprint density at radius 2 is 1.65 bits per heavy atom. The van der Waals surface area contributed by atoms with Gasteiger partial charge < -0.3 is 20.9 Å². The molecule has 1 saturated heterocycles. The van der Waals surface area contributed by atoms with Crippen molar-refractivity contribution < 1.29 is 41.1 Å². The number of piperidine rings is 1. The molecule has 3 atom stereocenters. The Labute approximate surface area is 293 Å². The molecule has 0 bridgehead atoms. The Balaban J connectivity index is 1.20. The first-order valence-electron chi connectivity index (χ1n) is 17.9. The van der Waals surface area contributed by atoms with Gasteiger partial charge in [0.1, 0.15) is 23.6 Å². The van der Waals surface area contributed by atoms with E-state index in [0.29, 0.717) is 24.9 Å². The summed E-state index contributed by atoms with van der Waals surface area (Å²) >= 11 is 0. The number of likely N-dealkylation sites (tertiary alicyclic amines) is 1. The summed E-state index contributed by atoms with van der Waals surface area (Å²) in [5.41, 5.74) is -1.59. The minimum atomic E-state index is -2.89. The fraction of sp³-hybridized carbons (Fsp3) is 0.639. The molecule has 2 aromatic rings. The number of halogens is 5. The van der Waals surface area contributed by atoms with Crippen LogP contribution in [-0.2, 0) is 26.3 Å². The average Bonchev–Trinajstić information content (AvgIpc) is 3.94. The molecule has 51 heavy (non-hydrogen) atoms. The van der Waals surface area contributed by atoms with E-state index in [1.54, 1.807) is 19.9 Å². The summed E-state index contributed by atoms with van der Waals surface area (Å²) in [7, 11) is 0. The van der Waals surface area contributed by atoms with E-state index in [4.69, 9.17) is 0 Å².